The van der Waals surface area contributed by atoms with Crippen LogP contribution < -0.4 is 10.9 Å². The summed E-state index contributed by atoms with van der Waals surface area (Å²) in [6, 6.07) is 15.3. The number of amides is 1. The summed E-state index contributed by atoms with van der Waals surface area (Å²) in [6.45, 7) is 4.27. The molecule has 2 heterocycles. The van der Waals surface area contributed by atoms with Gasteiger partial charge in [0.05, 0.1) is 18.2 Å². The number of fused-ring (bicyclic) bond motifs is 1. The highest BCUT2D eigenvalue weighted by atomic mass is 16.2. The fraction of sp³-hybridized carbons (Fsp3) is 0.182. The first kappa shape index (κ1) is 18.6. The molecule has 29 heavy (non-hydrogen) atoms. The van der Waals surface area contributed by atoms with Gasteiger partial charge >= 0.3 is 0 Å². The molecule has 0 aliphatic heterocycles. The van der Waals surface area contributed by atoms with Gasteiger partial charge in [-0.3, -0.25) is 14.2 Å². The summed E-state index contributed by atoms with van der Waals surface area (Å²) in [7, 11) is 0. The fourth-order valence-corrected chi connectivity index (χ4v) is 3.13. The third-order valence-corrected chi connectivity index (χ3v) is 4.93. The van der Waals surface area contributed by atoms with E-state index in [0.717, 1.165) is 16.9 Å². The molecule has 4 aromatic rings. The molecule has 2 aromatic carbocycles. The Morgan fingerprint density at radius 1 is 1.07 bits per heavy atom. The van der Waals surface area contributed by atoms with E-state index in [0.29, 0.717) is 11.0 Å². The molecular formula is C22H21N5O2. The van der Waals surface area contributed by atoms with E-state index >= 15 is 0 Å². The van der Waals surface area contributed by atoms with Gasteiger partial charge in [-0.2, -0.15) is 5.10 Å². The van der Waals surface area contributed by atoms with Crippen LogP contribution in [0.4, 0.5) is 5.69 Å². The number of hydrogen-bond acceptors (Lipinski definition) is 4. The smallest absolute Gasteiger partial charge is 0.264 e. The first-order valence-electron chi connectivity index (χ1n) is 9.38. The van der Waals surface area contributed by atoms with Gasteiger partial charge in [-0.05, 0) is 49.2 Å². The predicted octanol–water partition coefficient (Wildman–Crippen LogP) is 3.23. The number of nitrogens with one attached hydrogen (secondary N) is 1. The molecule has 4 rings (SSSR count). The van der Waals surface area contributed by atoms with Crippen LogP contribution in [0.15, 0.2) is 65.8 Å². The second-order valence-electron chi connectivity index (χ2n) is 6.97. The average Bonchev–Trinajstić information content (AvgIpc) is 3.16. The van der Waals surface area contributed by atoms with Crippen LogP contribution in [0.25, 0.3) is 16.7 Å². The Labute approximate surface area is 167 Å². The highest BCUT2D eigenvalue weighted by Gasteiger charge is 2.12. The van der Waals surface area contributed by atoms with Crippen molar-refractivity contribution in [1.29, 1.82) is 0 Å². The second-order valence-corrected chi connectivity index (χ2v) is 6.97. The average molecular weight is 387 g/mol. The highest BCUT2D eigenvalue weighted by Crippen LogP contribution is 2.15. The molecule has 0 fully saturated rings. The van der Waals surface area contributed by atoms with Crippen molar-refractivity contribution in [2.75, 3.05) is 5.32 Å². The number of aryl methyl sites for hydroxylation is 3. The van der Waals surface area contributed by atoms with Crippen LogP contribution in [-0.2, 0) is 11.3 Å². The first-order chi connectivity index (χ1) is 14.0. The van der Waals surface area contributed by atoms with Gasteiger partial charge in [-0.1, -0.05) is 24.3 Å². The number of aromatic nitrogens is 4. The van der Waals surface area contributed by atoms with Gasteiger partial charge in [0, 0.05) is 18.7 Å². The summed E-state index contributed by atoms with van der Waals surface area (Å²) in [5, 5.41) is 7.59. The lowest BCUT2D eigenvalue weighted by Crippen LogP contribution is -2.23. The Bertz CT molecular complexity index is 1240. The van der Waals surface area contributed by atoms with Crippen molar-refractivity contribution in [2.45, 2.75) is 26.8 Å². The summed E-state index contributed by atoms with van der Waals surface area (Å²) in [5.41, 5.74) is 4.16. The van der Waals surface area contributed by atoms with Gasteiger partial charge < -0.3 is 5.32 Å². The van der Waals surface area contributed by atoms with Gasteiger partial charge in [-0.25, -0.2) is 9.67 Å². The number of rotatable bonds is 5. The summed E-state index contributed by atoms with van der Waals surface area (Å²) < 4.78 is 3.08. The van der Waals surface area contributed by atoms with Gasteiger partial charge in [0.15, 0.2) is 5.65 Å². The van der Waals surface area contributed by atoms with Crippen molar-refractivity contribution in [2.24, 2.45) is 0 Å². The minimum Gasteiger partial charge on any atom is -0.326 e. The Morgan fingerprint density at radius 3 is 2.62 bits per heavy atom. The van der Waals surface area contributed by atoms with Gasteiger partial charge in [0.25, 0.3) is 5.56 Å². The number of anilines is 1. The monoisotopic (exact) mass is 387 g/mol. The molecule has 0 spiro atoms. The maximum Gasteiger partial charge on any atom is 0.264 e. The van der Waals surface area contributed by atoms with E-state index in [1.54, 1.807) is 4.68 Å². The number of benzene rings is 2. The van der Waals surface area contributed by atoms with Crippen LogP contribution >= 0.6 is 0 Å². The summed E-state index contributed by atoms with van der Waals surface area (Å²) in [6.07, 6.45) is 3.16. The van der Waals surface area contributed by atoms with Crippen LogP contribution in [0, 0.1) is 13.8 Å². The van der Waals surface area contributed by atoms with Crippen molar-refractivity contribution in [3.63, 3.8) is 0 Å². The molecule has 0 aliphatic carbocycles. The topological polar surface area (TPSA) is 81.8 Å². The second kappa shape index (κ2) is 7.71. The van der Waals surface area contributed by atoms with Crippen LogP contribution in [0.2, 0.25) is 0 Å². The molecule has 146 valence electrons. The molecule has 0 radical (unpaired) electrons. The highest BCUT2D eigenvalue weighted by molar-refractivity contribution is 5.90. The third kappa shape index (κ3) is 3.80. The molecule has 0 saturated heterocycles. The quantitative estimate of drug-likeness (QED) is 0.570. The lowest BCUT2D eigenvalue weighted by atomic mass is 10.1. The van der Waals surface area contributed by atoms with E-state index in [2.05, 4.69) is 15.4 Å². The maximum absolute atomic E-state index is 12.8. The van der Waals surface area contributed by atoms with Crippen molar-refractivity contribution in [3.8, 4) is 5.69 Å². The standard InChI is InChI=1S/C22H21N5O2/c1-15-8-9-17(12-16(15)2)25-20(28)10-11-26-14-23-21-19(22(26)29)13-24-27(21)18-6-4-3-5-7-18/h3-9,12-14H,10-11H2,1-2H3,(H,25,28). The van der Waals surface area contributed by atoms with Gasteiger partial charge in [-0.15, -0.1) is 0 Å². The zero-order valence-corrected chi connectivity index (χ0v) is 16.3. The van der Waals surface area contributed by atoms with E-state index in [-0.39, 0.29) is 24.4 Å². The summed E-state index contributed by atoms with van der Waals surface area (Å²) in [5.74, 6) is -0.153. The van der Waals surface area contributed by atoms with E-state index in [9.17, 15) is 9.59 Å². The number of nitrogens with zero attached hydrogens (tertiary/aromatic N) is 4. The van der Waals surface area contributed by atoms with E-state index in [1.807, 2.05) is 62.4 Å². The van der Waals surface area contributed by atoms with Gasteiger partial charge in [0.1, 0.15) is 5.39 Å². The van der Waals surface area contributed by atoms with Gasteiger partial charge in [0.2, 0.25) is 5.91 Å². The molecule has 0 unspecified atom stereocenters. The van der Waals surface area contributed by atoms with E-state index in [1.165, 1.54) is 22.7 Å². The Morgan fingerprint density at radius 2 is 1.86 bits per heavy atom. The Hall–Kier alpha value is -3.74. The fourth-order valence-electron chi connectivity index (χ4n) is 3.13. The molecule has 1 N–H and O–H groups in total. The molecule has 7 nitrogen and oxygen atoms in total. The van der Waals surface area contributed by atoms with Crippen molar-refractivity contribution in [3.05, 3.63) is 82.5 Å². The van der Waals surface area contributed by atoms with Crippen molar-refractivity contribution in [1.82, 2.24) is 19.3 Å². The summed E-state index contributed by atoms with van der Waals surface area (Å²) in [4.78, 5) is 29.4. The molecule has 0 bridgehead atoms. The molecule has 1 amide bonds. The molecule has 7 heteroatoms. The third-order valence-electron chi connectivity index (χ3n) is 4.93. The van der Waals surface area contributed by atoms with E-state index in [4.69, 9.17) is 0 Å². The van der Waals surface area contributed by atoms with Crippen LogP contribution in [0.3, 0.4) is 0 Å². The lowest BCUT2D eigenvalue weighted by molar-refractivity contribution is -0.116. The lowest BCUT2D eigenvalue weighted by Gasteiger charge is -2.09. The van der Waals surface area contributed by atoms with Crippen LogP contribution in [0.1, 0.15) is 17.5 Å². The summed E-state index contributed by atoms with van der Waals surface area (Å²) >= 11 is 0. The van der Waals surface area contributed by atoms with Crippen molar-refractivity contribution >= 4 is 22.6 Å². The molecule has 0 atom stereocenters. The number of para-hydroxylation sites is 1. The van der Waals surface area contributed by atoms with E-state index < -0.39 is 0 Å². The predicted molar refractivity (Wildman–Crippen MR) is 112 cm³/mol. The number of carbonyl (C=O) groups is 1. The SMILES string of the molecule is Cc1ccc(NC(=O)CCn2cnc3c(cnn3-c3ccccc3)c2=O)cc1C. The molecule has 0 aliphatic rings. The minimum absolute atomic E-state index is 0.153. The maximum atomic E-state index is 12.8. The minimum atomic E-state index is -0.212. The molecular weight excluding hydrogens is 366 g/mol. The van der Waals surface area contributed by atoms with Crippen molar-refractivity contribution < 1.29 is 4.79 Å². The molecule has 2 aromatic heterocycles. The van der Waals surface area contributed by atoms with Crippen LogP contribution in [-0.4, -0.2) is 25.2 Å². The molecule has 0 saturated carbocycles. The normalized spacial score (nSPS) is 11.0. The van der Waals surface area contributed by atoms with Crippen LogP contribution in [0.5, 0.6) is 0 Å². The first-order valence-corrected chi connectivity index (χ1v) is 9.38. The zero-order chi connectivity index (χ0) is 20.4. The Balaban J connectivity index is 1.50. The number of hydrogen-bond donors (Lipinski definition) is 1. The largest absolute Gasteiger partial charge is 0.326 e. The number of carbonyl (C=O) groups excluding carboxylic acids is 1. The zero-order valence-electron chi connectivity index (χ0n) is 16.3. The Kier molecular flexibility index (Phi) is 4.95.